The Morgan fingerprint density at radius 2 is 2.00 bits per heavy atom. The number of ether oxygens (including phenoxy) is 2. The normalized spacial score (nSPS) is 20.5. The minimum atomic E-state index is -1.15. The van der Waals surface area contributed by atoms with E-state index in [2.05, 4.69) is 59.9 Å². The van der Waals surface area contributed by atoms with Gasteiger partial charge in [0.05, 0.1) is 17.6 Å². The molecule has 34 heavy (non-hydrogen) atoms. The van der Waals surface area contributed by atoms with E-state index in [0.717, 1.165) is 45.1 Å². The highest BCUT2D eigenvalue weighted by molar-refractivity contribution is 9.10. The van der Waals surface area contributed by atoms with E-state index < -0.39 is 13.7 Å². The van der Waals surface area contributed by atoms with E-state index in [9.17, 15) is 4.79 Å². The molecule has 2 unspecified atom stereocenters. The quantitative estimate of drug-likeness (QED) is 0.415. The van der Waals surface area contributed by atoms with E-state index in [1.165, 1.54) is 0 Å². The Hall–Kier alpha value is -1.91. The maximum absolute atomic E-state index is 12.5. The number of aromatic nitrogens is 2. The van der Waals surface area contributed by atoms with Crippen LogP contribution in [0.3, 0.4) is 0 Å². The van der Waals surface area contributed by atoms with Crippen molar-refractivity contribution in [3.63, 3.8) is 0 Å². The van der Waals surface area contributed by atoms with E-state index in [-0.39, 0.29) is 18.2 Å². The number of likely N-dealkylation sites (tertiary alicyclic amines) is 1. The van der Waals surface area contributed by atoms with Crippen molar-refractivity contribution in [3.05, 3.63) is 27.9 Å². The lowest BCUT2D eigenvalue weighted by Crippen LogP contribution is -2.39. The predicted molar refractivity (Wildman–Crippen MR) is 141 cm³/mol. The van der Waals surface area contributed by atoms with Crippen molar-refractivity contribution in [2.24, 2.45) is 4.99 Å². The van der Waals surface area contributed by atoms with Gasteiger partial charge in [0.1, 0.15) is 18.0 Å². The second kappa shape index (κ2) is 9.27. The largest absolute Gasteiger partial charge is 0.444 e. The molecule has 1 amide bonds. The zero-order chi connectivity index (χ0) is 24.8. The van der Waals surface area contributed by atoms with E-state index in [1.54, 1.807) is 4.90 Å². The van der Waals surface area contributed by atoms with Crippen LogP contribution in [0.5, 0.6) is 0 Å². The second-order valence-corrected chi connectivity index (χ2v) is 18.0. The summed E-state index contributed by atoms with van der Waals surface area (Å²) in [5.74, 6) is 0.787. The Kier molecular flexibility index (Phi) is 6.87. The molecule has 3 heterocycles. The van der Waals surface area contributed by atoms with Gasteiger partial charge in [0, 0.05) is 37.6 Å². The van der Waals surface area contributed by atoms with Crippen LogP contribution < -0.4 is 5.32 Å². The molecule has 0 spiro atoms. The number of carbonyl (C=O) groups is 1. The van der Waals surface area contributed by atoms with Gasteiger partial charge in [-0.25, -0.2) is 9.48 Å². The predicted octanol–water partition coefficient (Wildman–Crippen LogP) is 4.76. The number of amidine groups is 1. The summed E-state index contributed by atoms with van der Waals surface area (Å²) < 4.78 is 14.5. The number of fused-ring (bicyclic) bond motifs is 2. The van der Waals surface area contributed by atoms with E-state index in [4.69, 9.17) is 19.6 Å². The van der Waals surface area contributed by atoms with Crippen molar-refractivity contribution >= 4 is 46.8 Å². The molecule has 2 atom stereocenters. The topological polar surface area (TPSA) is 81.0 Å². The van der Waals surface area contributed by atoms with Crippen molar-refractivity contribution in [1.82, 2.24) is 20.0 Å². The molecule has 0 bridgehead atoms. The van der Waals surface area contributed by atoms with Crippen molar-refractivity contribution in [3.8, 4) is 0 Å². The Bertz CT molecular complexity index is 1120. The Labute approximate surface area is 211 Å². The highest BCUT2D eigenvalue weighted by Crippen LogP contribution is 2.30. The van der Waals surface area contributed by atoms with E-state index in [1.807, 2.05) is 25.5 Å². The van der Waals surface area contributed by atoms with Gasteiger partial charge >= 0.3 is 6.09 Å². The average molecular weight is 551 g/mol. The summed E-state index contributed by atoms with van der Waals surface area (Å²) >= 11 is 3.63. The van der Waals surface area contributed by atoms with Crippen LogP contribution >= 0.6 is 15.9 Å². The molecule has 2 aromatic rings. The number of nitrogens with one attached hydrogen (secondary N) is 1. The molecule has 0 saturated carbocycles. The zero-order valence-electron chi connectivity index (χ0n) is 21.2. The molecule has 1 N–H and O–H groups in total. The number of hydrogen-bond donors (Lipinski definition) is 1. The lowest BCUT2D eigenvalue weighted by molar-refractivity contribution is 0.0289. The van der Waals surface area contributed by atoms with Crippen LogP contribution in [0.4, 0.5) is 4.79 Å². The second-order valence-electron chi connectivity index (χ2n) is 11.5. The van der Waals surface area contributed by atoms with Crippen LogP contribution in [-0.4, -0.2) is 72.1 Å². The molecule has 1 fully saturated rings. The summed E-state index contributed by atoms with van der Waals surface area (Å²) in [6.07, 6.45) is -0.286. The number of amides is 1. The fourth-order valence-corrected chi connectivity index (χ4v) is 5.62. The zero-order valence-corrected chi connectivity index (χ0v) is 23.8. The highest BCUT2D eigenvalue weighted by Gasteiger charge is 2.42. The lowest BCUT2D eigenvalue weighted by Gasteiger charge is -2.24. The van der Waals surface area contributed by atoms with Gasteiger partial charge in [0.25, 0.3) is 0 Å². The molecule has 1 aromatic carbocycles. The number of halogens is 1. The van der Waals surface area contributed by atoms with Gasteiger partial charge in [-0.05, 0) is 51.4 Å². The first-order valence-corrected chi connectivity index (χ1v) is 16.4. The number of nitrogens with zero attached hydrogens (tertiary/aromatic N) is 4. The summed E-state index contributed by atoms with van der Waals surface area (Å²) in [7, 11) is -1.15. The van der Waals surface area contributed by atoms with E-state index >= 15 is 0 Å². The number of hydrogen-bond acceptors (Lipinski definition) is 6. The maximum atomic E-state index is 12.5. The van der Waals surface area contributed by atoms with Gasteiger partial charge in [0.2, 0.25) is 0 Å². The third-order valence-corrected chi connectivity index (χ3v) is 8.17. The molecular formula is C24H36BrN5O3Si. The molecule has 0 aliphatic carbocycles. The molecule has 186 valence electrons. The average Bonchev–Trinajstić information content (AvgIpc) is 3.34. The third kappa shape index (κ3) is 5.66. The number of carbonyl (C=O) groups excluding carboxylic acids is 1. The van der Waals surface area contributed by atoms with Crippen LogP contribution in [0, 0.1) is 6.92 Å². The smallest absolute Gasteiger partial charge is 0.410 e. The SMILES string of the molecule is Cc1cc(Br)cc2c1c(C1=NC3CN(C(=O)OC(C)(C)C)CC3N1)nn2COCC[Si](C)(C)C. The third-order valence-electron chi connectivity index (χ3n) is 6.01. The summed E-state index contributed by atoms with van der Waals surface area (Å²) in [5, 5.41) is 9.53. The first-order valence-electron chi connectivity index (χ1n) is 11.9. The number of benzene rings is 1. The Morgan fingerprint density at radius 3 is 2.65 bits per heavy atom. The minimum Gasteiger partial charge on any atom is -0.444 e. The molecule has 2 aliphatic heterocycles. The van der Waals surface area contributed by atoms with Crippen LogP contribution in [0.1, 0.15) is 32.0 Å². The number of aliphatic imine (C=N–C) groups is 1. The number of aryl methyl sites for hydroxylation is 1. The first-order chi connectivity index (χ1) is 15.8. The summed E-state index contributed by atoms with van der Waals surface area (Å²) in [5.41, 5.74) is 2.48. The fourth-order valence-electron chi connectivity index (χ4n) is 4.30. The first kappa shape index (κ1) is 25.2. The van der Waals surface area contributed by atoms with Crippen LogP contribution in [0.15, 0.2) is 21.6 Å². The van der Waals surface area contributed by atoms with Gasteiger partial charge < -0.3 is 19.7 Å². The summed E-state index contributed by atoms with van der Waals surface area (Å²) in [6.45, 7) is 17.0. The van der Waals surface area contributed by atoms with Gasteiger partial charge in [-0.1, -0.05) is 35.6 Å². The Morgan fingerprint density at radius 1 is 1.26 bits per heavy atom. The van der Waals surface area contributed by atoms with Crippen LogP contribution in [-0.2, 0) is 16.2 Å². The summed E-state index contributed by atoms with van der Waals surface area (Å²) in [4.78, 5) is 19.2. The Balaban J connectivity index is 1.54. The van der Waals surface area contributed by atoms with Gasteiger partial charge in [0.15, 0.2) is 5.84 Å². The minimum absolute atomic E-state index is 0.00790. The standard InChI is InChI=1S/C24H36BrN5O3Si/c1-15-10-16(25)11-19-20(15)21(28-30(19)14-32-8-9-34(5,6)7)22-26-17-12-29(13-18(17)27-22)23(31)33-24(2,3)4/h10-11,17-18H,8-9,12-14H2,1-7H3,(H,26,27). The number of rotatable bonds is 6. The van der Waals surface area contributed by atoms with Crippen LogP contribution in [0.2, 0.25) is 25.7 Å². The molecule has 2 aliphatic rings. The lowest BCUT2D eigenvalue weighted by atomic mass is 10.1. The van der Waals surface area contributed by atoms with Crippen molar-refractivity contribution in [1.29, 1.82) is 0 Å². The summed E-state index contributed by atoms with van der Waals surface area (Å²) in [6, 6.07) is 5.36. The van der Waals surface area contributed by atoms with Gasteiger partial charge in [-0.15, -0.1) is 0 Å². The van der Waals surface area contributed by atoms with Gasteiger partial charge in [-0.2, -0.15) is 5.10 Å². The molecule has 1 aromatic heterocycles. The highest BCUT2D eigenvalue weighted by atomic mass is 79.9. The van der Waals surface area contributed by atoms with Crippen molar-refractivity contribution in [2.75, 3.05) is 19.7 Å². The molecule has 1 saturated heterocycles. The van der Waals surface area contributed by atoms with Crippen molar-refractivity contribution < 1.29 is 14.3 Å². The molecule has 10 heteroatoms. The monoisotopic (exact) mass is 549 g/mol. The fraction of sp³-hybridized carbons (Fsp3) is 0.625. The van der Waals surface area contributed by atoms with E-state index in [0.29, 0.717) is 19.8 Å². The van der Waals surface area contributed by atoms with Crippen LogP contribution in [0.25, 0.3) is 10.9 Å². The van der Waals surface area contributed by atoms with Gasteiger partial charge in [-0.3, -0.25) is 4.99 Å². The van der Waals surface area contributed by atoms with Crippen molar-refractivity contribution in [2.45, 2.75) is 77.8 Å². The molecular weight excluding hydrogens is 514 g/mol. The maximum Gasteiger partial charge on any atom is 0.410 e. The molecule has 4 rings (SSSR count). The molecule has 0 radical (unpaired) electrons. The molecule has 8 nitrogen and oxygen atoms in total.